The fourth-order valence-electron chi connectivity index (χ4n) is 2.06. The maximum Gasteiger partial charge on any atom is 0.173 e. The van der Waals surface area contributed by atoms with E-state index in [4.69, 9.17) is 0 Å². The van der Waals surface area contributed by atoms with Crippen LogP contribution >= 0.6 is 11.8 Å². The molecule has 3 aromatic carbocycles. The third kappa shape index (κ3) is 2.91. The van der Waals surface area contributed by atoms with Crippen molar-refractivity contribution < 1.29 is 4.79 Å². The molecule has 1 radical (unpaired) electrons. The van der Waals surface area contributed by atoms with Gasteiger partial charge in [0.05, 0.1) is 5.75 Å². The second kappa shape index (κ2) is 5.93. The van der Waals surface area contributed by atoms with Crippen LogP contribution in [0, 0.1) is 6.07 Å². The molecule has 0 N–H and O–H groups in total. The number of fused-ring (bicyclic) bond motifs is 1. The van der Waals surface area contributed by atoms with Gasteiger partial charge in [-0.1, -0.05) is 48.5 Å². The van der Waals surface area contributed by atoms with Gasteiger partial charge in [-0.25, -0.2) is 0 Å². The van der Waals surface area contributed by atoms with Gasteiger partial charge in [-0.15, -0.1) is 11.8 Å². The molecule has 0 aromatic heterocycles. The number of hydrogen-bond acceptors (Lipinski definition) is 2. The van der Waals surface area contributed by atoms with Gasteiger partial charge in [0.15, 0.2) is 5.78 Å². The summed E-state index contributed by atoms with van der Waals surface area (Å²) in [7, 11) is 0. The zero-order chi connectivity index (χ0) is 13.8. The van der Waals surface area contributed by atoms with E-state index in [-0.39, 0.29) is 5.78 Å². The molecule has 97 valence electrons. The normalized spacial score (nSPS) is 10.6. The molecule has 0 fully saturated rings. The summed E-state index contributed by atoms with van der Waals surface area (Å²) in [5, 5.41) is 2.27. The lowest BCUT2D eigenvalue weighted by Crippen LogP contribution is -2.02. The quantitative estimate of drug-likeness (QED) is 0.511. The number of carbonyl (C=O) groups excluding carboxylic acids is 1. The van der Waals surface area contributed by atoms with Crippen molar-refractivity contribution in [2.45, 2.75) is 4.90 Å². The minimum Gasteiger partial charge on any atom is -0.293 e. The predicted molar refractivity (Wildman–Crippen MR) is 84.3 cm³/mol. The van der Waals surface area contributed by atoms with Crippen LogP contribution in [0.4, 0.5) is 0 Å². The van der Waals surface area contributed by atoms with E-state index < -0.39 is 0 Å². The number of benzene rings is 3. The molecule has 0 aliphatic heterocycles. The molecular weight excluding hydrogens is 264 g/mol. The highest BCUT2D eigenvalue weighted by Crippen LogP contribution is 2.20. The van der Waals surface area contributed by atoms with E-state index in [1.807, 2.05) is 60.7 Å². The Hall–Kier alpha value is -2.06. The van der Waals surface area contributed by atoms with Crippen molar-refractivity contribution in [3.05, 3.63) is 78.4 Å². The van der Waals surface area contributed by atoms with Gasteiger partial charge in [-0.2, -0.15) is 0 Å². The number of Topliss-reactive ketones (excluding diaryl/α,β-unsaturated/α-hetero) is 1. The summed E-state index contributed by atoms with van der Waals surface area (Å²) in [4.78, 5) is 13.3. The number of rotatable bonds is 4. The standard InChI is InChI=1S/C18H13OS/c19-18(13-20-17-8-2-1-3-9-17)16-11-10-14-6-4-5-7-15(14)12-16/h2-12H,13H2. The van der Waals surface area contributed by atoms with Gasteiger partial charge in [0.2, 0.25) is 0 Å². The van der Waals surface area contributed by atoms with Crippen molar-refractivity contribution in [3.63, 3.8) is 0 Å². The van der Waals surface area contributed by atoms with Crippen LogP contribution in [0.25, 0.3) is 10.8 Å². The first-order valence-corrected chi connectivity index (χ1v) is 7.42. The lowest BCUT2D eigenvalue weighted by atomic mass is 10.1. The Bertz CT molecular complexity index is 735. The number of hydrogen-bond donors (Lipinski definition) is 0. The Labute approximate surface area is 122 Å². The number of carbonyl (C=O) groups is 1. The third-order valence-electron chi connectivity index (χ3n) is 3.13. The highest BCUT2D eigenvalue weighted by molar-refractivity contribution is 8.00. The minimum atomic E-state index is 0.161. The van der Waals surface area contributed by atoms with E-state index in [1.54, 1.807) is 11.8 Å². The van der Waals surface area contributed by atoms with Gasteiger partial charge < -0.3 is 0 Å². The molecule has 0 saturated carbocycles. The zero-order valence-corrected chi connectivity index (χ0v) is 11.7. The van der Waals surface area contributed by atoms with Crippen molar-refractivity contribution >= 4 is 28.3 Å². The Morgan fingerprint density at radius 2 is 1.70 bits per heavy atom. The molecule has 3 rings (SSSR count). The van der Waals surface area contributed by atoms with Gasteiger partial charge in [-0.05, 0) is 35.0 Å². The number of ketones is 1. The minimum absolute atomic E-state index is 0.161. The van der Waals surface area contributed by atoms with Gasteiger partial charge >= 0.3 is 0 Å². The van der Waals surface area contributed by atoms with Crippen LogP contribution in [0.5, 0.6) is 0 Å². The molecule has 0 aliphatic rings. The first kappa shape index (κ1) is 12.9. The van der Waals surface area contributed by atoms with Crippen molar-refractivity contribution in [1.82, 2.24) is 0 Å². The summed E-state index contributed by atoms with van der Waals surface area (Å²) in [6.45, 7) is 0. The van der Waals surface area contributed by atoms with Crippen LogP contribution in [0.3, 0.4) is 0 Å². The van der Waals surface area contributed by atoms with Crippen LogP contribution < -0.4 is 0 Å². The molecule has 0 atom stereocenters. The van der Waals surface area contributed by atoms with Crippen LogP contribution in [-0.4, -0.2) is 11.5 Å². The first-order chi connectivity index (χ1) is 9.83. The van der Waals surface area contributed by atoms with Crippen LogP contribution in [0.1, 0.15) is 10.4 Å². The van der Waals surface area contributed by atoms with E-state index in [0.717, 1.165) is 21.2 Å². The van der Waals surface area contributed by atoms with Gasteiger partial charge in [-0.3, -0.25) is 4.79 Å². The first-order valence-electron chi connectivity index (χ1n) is 6.44. The molecule has 0 unspecified atom stereocenters. The zero-order valence-electron chi connectivity index (χ0n) is 10.9. The lowest BCUT2D eigenvalue weighted by molar-refractivity contribution is 0.102. The van der Waals surface area contributed by atoms with Crippen LogP contribution in [0.2, 0.25) is 0 Å². The average molecular weight is 277 g/mol. The fourth-order valence-corrected chi connectivity index (χ4v) is 2.86. The van der Waals surface area contributed by atoms with E-state index in [2.05, 4.69) is 12.1 Å². The van der Waals surface area contributed by atoms with E-state index in [9.17, 15) is 4.79 Å². The molecule has 0 spiro atoms. The summed E-state index contributed by atoms with van der Waals surface area (Å²) in [5.41, 5.74) is 0.777. The van der Waals surface area contributed by atoms with Gasteiger partial charge in [0, 0.05) is 10.5 Å². The maximum absolute atomic E-state index is 12.2. The Morgan fingerprint density at radius 3 is 2.50 bits per heavy atom. The van der Waals surface area contributed by atoms with Crippen molar-refractivity contribution in [3.8, 4) is 0 Å². The molecule has 20 heavy (non-hydrogen) atoms. The predicted octanol–water partition coefficient (Wildman–Crippen LogP) is 4.61. The van der Waals surface area contributed by atoms with Crippen LogP contribution in [-0.2, 0) is 0 Å². The summed E-state index contributed by atoms with van der Waals surface area (Å²) < 4.78 is 0. The molecule has 3 aromatic rings. The molecule has 2 heteroatoms. The van der Waals surface area contributed by atoms with Gasteiger partial charge in [0.25, 0.3) is 0 Å². The molecular formula is C18H13OS. The molecule has 1 nitrogen and oxygen atoms in total. The highest BCUT2D eigenvalue weighted by atomic mass is 32.2. The fraction of sp³-hybridized carbons (Fsp3) is 0.0556. The van der Waals surface area contributed by atoms with E-state index >= 15 is 0 Å². The number of thioether (sulfide) groups is 1. The Balaban J connectivity index is 1.75. The molecule has 0 bridgehead atoms. The third-order valence-corrected chi connectivity index (χ3v) is 4.14. The lowest BCUT2D eigenvalue weighted by Gasteiger charge is -2.03. The second-order valence-electron chi connectivity index (χ2n) is 4.51. The van der Waals surface area contributed by atoms with E-state index in [1.165, 1.54) is 0 Å². The molecule has 0 saturated heterocycles. The summed E-state index contributed by atoms with van der Waals surface area (Å²) in [5.74, 6) is 0.621. The van der Waals surface area contributed by atoms with Crippen molar-refractivity contribution in [1.29, 1.82) is 0 Å². The Morgan fingerprint density at radius 1 is 0.950 bits per heavy atom. The van der Waals surface area contributed by atoms with Gasteiger partial charge in [0.1, 0.15) is 0 Å². The monoisotopic (exact) mass is 277 g/mol. The van der Waals surface area contributed by atoms with Crippen molar-refractivity contribution in [2.75, 3.05) is 5.75 Å². The second-order valence-corrected chi connectivity index (χ2v) is 5.56. The SMILES string of the molecule is O=C(CSc1cc[c]cc1)c1ccc2ccccc2c1. The summed E-state index contributed by atoms with van der Waals surface area (Å²) in [6, 6.07) is 24.6. The molecule has 0 aliphatic carbocycles. The average Bonchev–Trinajstić information content (AvgIpc) is 2.53. The molecule has 0 heterocycles. The largest absolute Gasteiger partial charge is 0.293 e. The summed E-state index contributed by atoms with van der Waals surface area (Å²) >= 11 is 1.56. The topological polar surface area (TPSA) is 17.1 Å². The maximum atomic E-state index is 12.2. The van der Waals surface area contributed by atoms with E-state index in [0.29, 0.717) is 5.75 Å². The summed E-state index contributed by atoms with van der Waals surface area (Å²) in [6.07, 6.45) is 0. The molecule has 0 amide bonds. The smallest absolute Gasteiger partial charge is 0.173 e. The Kier molecular flexibility index (Phi) is 3.84. The van der Waals surface area contributed by atoms with Crippen LogP contribution in [0.15, 0.2) is 71.6 Å². The van der Waals surface area contributed by atoms with Crippen molar-refractivity contribution in [2.24, 2.45) is 0 Å². The highest BCUT2D eigenvalue weighted by Gasteiger charge is 2.07.